The van der Waals surface area contributed by atoms with Crippen molar-refractivity contribution in [3.8, 4) is 9.85 Å². The lowest BCUT2D eigenvalue weighted by atomic mass is 10.7. The van der Waals surface area contributed by atoms with Gasteiger partial charge in [-0.25, -0.2) is 4.79 Å². The Hall–Kier alpha value is -0.000000000000000111. The van der Waals surface area contributed by atoms with E-state index < -0.39 is 6.09 Å². The number of ether oxygens (including phenoxy) is 1. The molecule has 0 atom stereocenters. The molecule has 0 aliphatic heterocycles. The van der Waals surface area contributed by atoms with Crippen molar-refractivity contribution in [2.24, 2.45) is 0 Å². The van der Waals surface area contributed by atoms with Crippen LogP contribution in [0.2, 0.25) is 0 Å². The lowest BCUT2D eigenvalue weighted by Gasteiger charge is -2.01. The van der Waals surface area contributed by atoms with Gasteiger partial charge in [0.05, 0.1) is 10.7 Å². The van der Waals surface area contributed by atoms with Gasteiger partial charge < -0.3 is 10.1 Å². The highest BCUT2D eigenvalue weighted by atomic mass is 127. The monoisotopic (exact) mass is 315 g/mol. The van der Waals surface area contributed by atoms with E-state index in [0.29, 0.717) is 4.20 Å². The summed E-state index contributed by atoms with van der Waals surface area (Å²) in [5, 5.41) is 2.41. The lowest BCUT2D eigenvalue weighted by molar-refractivity contribution is 0.164. The van der Waals surface area contributed by atoms with Crippen LogP contribution >= 0.6 is 47.4 Å². The third kappa shape index (κ3) is 8.10. The molecule has 0 spiro atoms. The van der Waals surface area contributed by atoms with Crippen molar-refractivity contribution in [1.29, 1.82) is 0 Å². The van der Waals surface area contributed by atoms with E-state index in [4.69, 9.17) is 0 Å². The van der Waals surface area contributed by atoms with Gasteiger partial charge in [0.1, 0.15) is 6.61 Å². The summed E-state index contributed by atoms with van der Waals surface area (Å²) in [6.45, 7) is 0.322. The summed E-state index contributed by atoms with van der Waals surface area (Å²) in [5.41, 5.74) is 0. The second-order valence-corrected chi connectivity index (χ2v) is 3.47. The zero-order valence-corrected chi connectivity index (χ0v) is 9.83. The third-order valence-electron chi connectivity index (χ3n) is 0.715. The molecular formula is C6H6INO2S2. The first kappa shape index (κ1) is 12.0. The second-order valence-electron chi connectivity index (χ2n) is 1.59. The van der Waals surface area contributed by atoms with Gasteiger partial charge in [0.2, 0.25) is 0 Å². The Balaban J connectivity index is 3.44. The van der Waals surface area contributed by atoms with Crippen LogP contribution in [0.1, 0.15) is 0 Å². The average Bonchev–Trinajstić information content (AvgIpc) is 2.01. The molecule has 0 radical (unpaired) electrons. The maximum Gasteiger partial charge on any atom is 0.408 e. The SMILES string of the molecule is O=C(NCC#CI)OCC(=S)S. The van der Waals surface area contributed by atoms with Gasteiger partial charge in [0, 0.05) is 22.6 Å². The van der Waals surface area contributed by atoms with E-state index in [0.717, 1.165) is 0 Å². The Labute approximate surface area is 95.2 Å². The van der Waals surface area contributed by atoms with Crippen LogP contribution in [-0.4, -0.2) is 23.4 Å². The van der Waals surface area contributed by atoms with E-state index in [2.05, 4.69) is 44.7 Å². The van der Waals surface area contributed by atoms with Gasteiger partial charge in [-0.05, 0) is 3.93 Å². The van der Waals surface area contributed by atoms with Gasteiger partial charge in [0.25, 0.3) is 0 Å². The number of thiocarbonyl (C=S) groups is 1. The Morgan fingerprint density at radius 1 is 1.75 bits per heavy atom. The van der Waals surface area contributed by atoms with Gasteiger partial charge in [-0.2, -0.15) is 0 Å². The van der Waals surface area contributed by atoms with Gasteiger partial charge in [-0.3, -0.25) is 0 Å². The number of rotatable bonds is 3. The highest BCUT2D eigenvalue weighted by Crippen LogP contribution is 1.86. The fourth-order valence-corrected chi connectivity index (χ4v) is 0.642. The number of halogens is 1. The molecule has 1 N–H and O–H groups in total. The van der Waals surface area contributed by atoms with E-state index in [-0.39, 0.29) is 13.2 Å². The molecule has 0 aromatic rings. The Kier molecular flexibility index (Phi) is 7.64. The first-order valence-electron chi connectivity index (χ1n) is 2.87. The van der Waals surface area contributed by atoms with Crippen molar-refractivity contribution in [1.82, 2.24) is 5.32 Å². The zero-order chi connectivity index (χ0) is 9.40. The molecular weight excluding hydrogens is 309 g/mol. The van der Waals surface area contributed by atoms with E-state index in [1.807, 2.05) is 22.6 Å². The van der Waals surface area contributed by atoms with Gasteiger partial charge in [0.15, 0.2) is 0 Å². The molecule has 3 nitrogen and oxygen atoms in total. The van der Waals surface area contributed by atoms with Crippen LogP contribution in [0.15, 0.2) is 0 Å². The molecule has 6 heteroatoms. The molecule has 12 heavy (non-hydrogen) atoms. The molecule has 1 amide bonds. The summed E-state index contributed by atoms with van der Waals surface area (Å²) in [7, 11) is 0. The molecule has 0 bridgehead atoms. The molecule has 0 unspecified atom stereocenters. The predicted octanol–water partition coefficient (Wildman–Crippen LogP) is 1.37. The van der Waals surface area contributed by atoms with Gasteiger partial charge >= 0.3 is 6.09 Å². The highest BCUT2D eigenvalue weighted by molar-refractivity contribution is 14.1. The molecule has 66 valence electrons. The standard InChI is InChI=1S/C6H6INO2S2/c7-2-1-3-8-6(9)10-4-5(11)12/h3-4H2,(H,8,9)(H,11,12). The van der Waals surface area contributed by atoms with Crippen molar-refractivity contribution in [3.63, 3.8) is 0 Å². The van der Waals surface area contributed by atoms with E-state index in [9.17, 15) is 4.79 Å². The summed E-state index contributed by atoms with van der Waals surface area (Å²) < 4.78 is 7.55. The van der Waals surface area contributed by atoms with Gasteiger partial charge in [-0.1, -0.05) is 18.1 Å². The minimum absolute atomic E-state index is 0.0436. The van der Waals surface area contributed by atoms with Crippen molar-refractivity contribution < 1.29 is 9.53 Å². The maximum atomic E-state index is 10.7. The molecule has 0 aliphatic rings. The lowest BCUT2D eigenvalue weighted by Crippen LogP contribution is -2.25. The van der Waals surface area contributed by atoms with Crippen LogP contribution in [0.3, 0.4) is 0 Å². The topological polar surface area (TPSA) is 38.3 Å². The number of thiol groups is 1. The van der Waals surface area contributed by atoms with Crippen LogP contribution < -0.4 is 5.32 Å². The number of carbonyl (C=O) groups excluding carboxylic acids is 1. The number of hydrogen-bond acceptors (Lipinski definition) is 3. The van der Waals surface area contributed by atoms with E-state index in [1.54, 1.807) is 0 Å². The number of nitrogens with one attached hydrogen (secondary N) is 1. The normalized spacial score (nSPS) is 7.83. The maximum absolute atomic E-state index is 10.7. The summed E-state index contributed by atoms with van der Waals surface area (Å²) in [5.74, 6) is 2.64. The number of hydrogen-bond donors (Lipinski definition) is 2. The molecule has 0 aromatic heterocycles. The molecule has 0 saturated carbocycles. The number of carbonyl (C=O) groups is 1. The summed E-state index contributed by atoms with van der Waals surface area (Å²) >= 11 is 10.2. The van der Waals surface area contributed by atoms with Crippen LogP contribution in [0.5, 0.6) is 0 Å². The van der Waals surface area contributed by atoms with Gasteiger partial charge in [-0.15, -0.1) is 12.6 Å². The Morgan fingerprint density at radius 3 is 2.92 bits per heavy atom. The molecule has 0 aromatic carbocycles. The van der Waals surface area contributed by atoms with Crippen LogP contribution in [-0.2, 0) is 4.74 Å². The third-order valence-corrected chi connectivity index (χ3v) is 1.34. The predicted molar refractivity (Wildman–Crippen MR) is 62.7 cm³/mol. The Bertz CT molecular complexity index is 233. The van der Waals surface area contributed by atoms with Crippen LogP contribution in [0.4, 0.5) is 4.79 Å². The first-order chi connectivity index (χ1) is 5.66. The minimum atomic E-state index is -0.537. The van der Waals surface area contributed by atoms with Crippen molar-refractivity contribution in [2.45, 2.75) is 0 Å². The van der Waals surface area contributed by atoms with E-state index in [1.165, 1.54) is 0 Å². The highest BCUT2D eigenvalue weighted by Gasteiger charge is 1.99. The largest absolute Gasteiger partial charge is 0.443 e. The molecule has 0 rings (SSSR count). The summed E-state index contributed by atoms with van der Waals surface area (Å²) in [4.78, 5) is 10.7. The second kappa shape index (κ2) is 7.64. The van der Waals surface area contributed by atoms with Crippen molar-refractivity contribution >= 4 is 57.7 Å². The van der Waals surface area contributed by atoms with Crippen LogP contribution in [0.25, 0.3) is 0 Å². The van der Waals surface area contributed by atoms with Crippen LogP contribution in [0, 0.1) is 9.85 Å². The Morgan fingerprint density at radius 2 is 2.42 bits per heavy atom. The molecule has 0 saturated heterocycles. The number of amides is 1. The van der Waals surface area contributed by atoms with Crippen molar-refractivity contribution in [3.05, 3.63) is 0 Å². The smallest absolute Gasteiger partial charge is 0.408 e. The molecule has 0 aliphatic carbocycles. The first-order valence-corrected chi connectivity index (χ1v) is 4.81. The fourth-order valence-electron chi connectivity index (χ4n) is 0.328. The van der Waals surface area contributed by atoms with Crippen molar-refractivity contribution in [2.75, 3.05) is 13.2 Å². The molecule has 0 fully saturated rings. The molecule has 0 heterocycles. The summed E-state index contributed by atoms with van der Waals surface area (Å²) in [6, 6.07) is 0. The minimum Gasteiger partial charge on any atom is -0.443 e. The summed E-state index contributed by atoms with van der Waals surface area (Å²) in [6.07, 6.45) is -0.537. The quantitative estimate of drug-likeness (QED) is 0.358. The average molecular weight is 315 g/mol. The van der Waals surface area contributed by atoms with E-state index >= 15 is 0 Å². The fraction of sp³-hybridized carbons (Fsp3) is 0.333. The number of alkyl carbamates (subject to hydrolysis) is 1. The zero-order valence-electron chi connectivity index (χ0n) is 5.96.